The molecule has 0 bridgehead atoms. The first-order valence-corrected chi connectivity index (χ1v) is 12.3. The second-order valence-electron chi connectivity index (χ2n) is 9.06. The fourth-order valence-corrected chi connectivity index (χ4v) is 4.25. The number of halogens is 6. The second kappa shape index (κ2) is 11.0. The molecule has 1 N–H and O–H groups in total. The van der Waals surface area contributed by atoms with Crippen molar-refractivity contribution in [3.63, 3.8) is 0 Å². The lowest BCUT2D eigenvalue weighted by atomic mass is 10.0. The SMILES string of the molecule is O=C(O)c1cnn(-c2cccc(-c3ccccc3OCc3ccc(-c4ccc(C(F)(F)F)cc4)cc3)n2)c1C(F)(F)F. The van der Waals surface area contributed by atoms with E-state index in [0.717, 1.165) is 23.3 Å². The number of aromatic carboxylic acids is 1. The zero-order valence-corrected chi connectivity index (χ0v) is 21.3. The predicted molar refractivity (Wildman–Crippen MR) is 140 cm³/mol. The van der Waals surface area contributed by atoms with Crippen molar-refractivity contribution in [1.82, 2.24) is 14.8 Å². The number of para-hydroxylation sites is 1. The average molecular weight is 583 g/mol. The molecular formula is C30H19F6N3O3. The highest BCUT2D eigenvalue weighted by atomic mass is 19.4. The summed E-state index contributed by atoms with van der Waals surface area (Å²) < 4.78 is 86.1. The number of ether oxygens (including phenoxy) is 1. The Balaban J connectivity index is 1.36. The molecular weight excluding hydrogens is 564 g/mol. The van der Waals surface area contributed by atoms with Gasteiger partial charge in [-0.25, -0.2) is 14.5 Å². The Morgan fingerprint density at radius 2 is 1.43 bits per heavy atom. The molecule has 5 aromatic rings. The van der Waals surface area contributed by atoms with Crippen LogP contribution in [0.3, 0.4) is 0 Å². The molecule has 0 aliphatic heterocycles. The monoisotopic (exact) mass is 583 g/mol. The Kier molecular flexibility index (Phi) is 7.46. The number of hydrogen-bond acceptors (Lipinski definition) is 4. The highest BCUT2D eigenvalue weighted by molar-refractivity contribution is 5.89. The number of hydrogen-bond donors (Lipinski definition) is 1. The van der Waals surface area contributed by atoms with Crippen LogP contribution in [0.5, 0.6) is 5.75 Å². The molecule has 6 nitrogen and oxygen atoms in total. The van der Waals surface area contributed by atoms with Crippen LogP contribution in [0, 0.1) is 0 Å². The molecule has 0 fully saturated rings. The van der Waals surface area contributed by atoms with Gasteiger partial charge in [-0.2, -0.15) is 31.4 Å². The molecule has 0 saturated heterocycles. The van der Waals surface area contributed by atoms with E-state index in [0.29, 0.717) is 27.8 Å². The van der Waals surface area contributed by atoms with Crippen LogP contribution in [0.2, 0.25) is 0 Å². The summed E-state index contributed by atoms with van der Waals surface area (Å²) in [7, 11) is 0. The molecule has 0 atom stereocenters. The van der Waals surface area contributed by atoms with Gasteiger partial charge >= 0.3 is 18.3 Å². The van der Waals surface area contributed by atoms with Crippen LogP contribution in [0.1, 0.15) is 27.2 Å². The zero-order valence-electron chi connectivity index (χ0n) is 21.3. The van der Waals surface area contributed by atoms with Gasteiger partial charge in [0.05, 0.1) is 17.5 Å². The highest BCUT2D eigenvalue weighted by Crippen LogP contribution is 2.35. The average Bonchev–Trinajstić information content (AvgIpc) is 3.43. The highest BCUT2D eigenvalue weighted by Gasteiger charge is 2.41. The van der Waals surface area contributed by atoms with Crippen LogP contribution in [0.15, 0.2) is 97.2 Å². The van der Waals surface area contributed by atoms with Gasteiger partial charge in [-0.1, -0.05) is 54.6 Å². The van der Waals surface area contributed by atoms with E-state index < -0.39 is 35.1 Å². The number of benzene rings is 3. The van der Waals surface area contributed by atoms with Gasteiger partial charge in [0.15, 0.2) is 11.5 Å². The number of nitrogens with zero attached hydrogens (tertiary/aromatic N) is 3. The van der Waals surface area contributed by atoms with E-state index in [4.69, 9.17) is 4.74 Å². The number of alkyl halides is 6. The molecule has 0 radical (unpaired) electrons. The summed E-state index contributed by atoms with van der Waals surface area (Å²) >= 11 is 0. The molecule has 0 saturated carbocycles. The topological polar surface area (TPSA) is 77.2 Å². The van der Waals surface area contributed by atoms with Gasteiger partial charge in [0.2, 0.25) is 0 Å². The van der Waals surface area contributed by atoms with Crippen LogP contribution in [0.4, 0.5) is 26.3 Å². The third-order valence-corrected chi connectivity index (χ3v) is 6.28. The third kappa shape index (κ3) is 5.97. The molecule has 5 rings (SSSR count). The lowest BCUT2D eigenvalue weighted by Crippen LogP contribution is -2.18. The van der Waals surface area contributed by atoms with Gasteiger partial charge in [0.1, 0.15) is 17.9 Å². The summed E-state index contributed by atoms with van der Waals surface area (Å²) in [5.74, 6) is -1.62. The van der Waals surface area contributed by atoms with E-state index in [1.54, 1.807) is 54.6 Å². The van der Waals surface area contributed by atoms with Gasteiger partial charge in [-0.05, 0) is 53.1 Å². The van der Waals surface area contributed by atoms with Crippen LogP contribution < -0.4 is 4.74 Å². The molecule has 2 heterocycles. The normalized spacial score (nSPS) is 11.9. The zero-order chi connectivity index (χ0) is 30.1. The Morgan fingerprint density at radius 3 is 2.05 bits per heavy atom. The molecule has 2 aromatic heterocycles. The number of pyridine rings is 1. The molecule has 12 heteroatoms. The number of aromatic nitrogens is 3. The minimum Gasteiger partial charge on any atom is -0.488 e. The minimum absolute atomic E-state index is 0.114. The van der Waals surface area contributed by atoms with Gasteiger partial charge in [-0.3, -0.25) is 0 Å². The summed E-state index contributed by atoms with van der Waals surface area (Å²) in [6.07, 6.45) is -8.79. The van der Waals surface area contributed by atoms with Crippen LogP contribution >= 0.6 is 0 Å². The molecule has 0 aliphatic carbocycles. The largest absolute Gasteiger partial charge is 0.488 e. The van der Waals surface area contributed by atoms with Crippen molar-refractivity contribution in [3.8, 4) is 34.0 Å². The van der Waals surface area contributed by atoms with E-state index in [-0.39, 0.29) is 18.1 Å². The quantitative estimate of drug-likeness (QED) is 0.197. The maximum absolute atomic E-state index is 13.7. The number of rotatable bonds is 7. The van der Waals surface area contributed by atoms with E-state index in [2.05, 4.69) is 10.1 Å². The molecule has 0 spiro atoms. The van der Waals surface area contributed by atoms with Crippen molar-refractivity contribution >= 4 is 5.97 Å². The molecule has 0 unspecified atom stereocenters. The first kappa shape index (κ1) is 28.4. The predicted octanol–water partition coefficient (Wildman–Crippen LogP) is 7.92. The first-order chi connectivity index (χ1) is 19.9. The van der Waals surface area contributed by atoms with E-state index in [1.807, 2.05) is 0 Å². The molecule has 3 aromatic carbocycles. The smallest absolute Gasteiger partial charge is 0.434 e. The minimum atomic E-state index is -5.00. The summed E-state index contributed by atoms with van der Waals surface area (Å²) in [4.78, 5) is 15.6. The van der Waals surface area contributed by atoms with Crippen molar-refractivity contribution in [3.05, 3.63) is 120 Å². The van der Waals surface area contributed by atoms with Gasteiger partial charge in [0, 0.05) is 5.56 Å². The number of carboxylic acids is 1. The Hall–Kier alpha value is -5.13. The summed E-state index contributed by atoms with van der Waals surface area (Å²) in [6, 6.07) is 23.0. The third-order valence-electron chi connectivity index (χ3n) is 6.28. The Bertz CT molecular complexity index is 1730. The molecule has 42 heavy (non-hydrogen) atoms. The fourth-order valence-electron chi connectivity index (χ4n) is 4.25. The summed E-state index contributed by atoms with van der Waals surface area (Å²) in [6.45, 7) is 0.114. The van der Waals surface area contributed by atoms with Crippen LogP contribution in [-0.4, -0.2) is 25.8 Å². The second-order valence-corrected chi connectivity index (χ2v) is 9.06. The summed E-state index contributed by atoms with van der Waals surface area (Å²) in [5.41, 5.74) is -0.349. The van der Waals surface area contributed by atoms with Crippen molar-refractivity contribution in [1.29, 1.82) is 0 Å². The van der Waals surface area contributed by atoms with Gasteiger partial charge in [-0.15, -0.1) is 0 Å². The van der Waals surface area contributed by atoms with Crippen LogP contribution in [-0.2, 0) is 19.0 Å². The summed E-state index contributed by atoms with van der Waals surface area (Å²) in [5, 5.41) is 12.8. The van der Waals surface area contributed by atoms with Crippen molar-refractivity contribution < 1.29 is 41.0 Å². The van der Waals surface area contributed by atoms with Crippen LogP contribution in [0.25, 0.3) is 28.2 Å². The van der Waals surface area contributed by atoms with Gasteiger partial charge < -0.3 is 9.84 Å². The standard InChI is InChI=1S/C30H19F6N3O3/c31-29(32,33)21-14-12-20(13-15-21)19-10-8-18(9-11-19)17-42-25-6-2-1-4-22(25)24-5-3-7-26(38-24)39-27(30(34,35)36)23(16-37-39)28(40)41/h1-16H,17H2,(H,40,41). The van der Waals surface area contributed by atoms with Gasteiger partial charge in [0.25, 0.3) is 0 Å². The lowest BCUT2D eigenvalue weighted by molar-refractivity contribution is -0.143. The van der Waals surface area contributed by atoms with Crippen molar-refractivity contribution in [2.75, 3.05) is 0 Å². The maximum Gasteiger partial charge on any atom is 0.434 e. The first-order valence-electron chi connectivity index (χ1n) is 12.3. The van der Waals surface area contributed by atoms with E-state index in [9.17, 15) is 36.2 Å². The number of carbonyl (C=O) groups is 1. The van der Waals surface area contributed by atoms with E-state index in [1.165, 1.54) is 24.3 Å². The Labute approximate surface area is 234 Å². The van der Waals surface area contributed by atoms with E-state index >= 15 is 0 Å². The van der Waals surface area contributed by atoms with Crippen molar-refractivity contribution in [2.45, 2.75) is 19.0 Å². The Morgan fingerprint density at radius 1 is 0.786 bits per heavy atom. The number of carboxylic acid groups (broad SMARTS) is 1. The fraction of sp³-hybridized carbons (Fsp3) is 0.100. The van der Waals surface area contributed by atoms with Crippen molar-refractivity contribution in [2.24, 2.45) is 0 Å². The molecule has 214 valence electrons. The lowest BCUT2D eigenvalue weighted by Gasteiger charge is -2.14. The molecule has 0 amide bonds. The molecule has 0 aliphatic rings. The maximum atomic E-state index is 13.7.